The van der Waals surface area contributed by atoms with Crippen LogP contribution in [0.1, 0.15) is 13.3 Å². The highest BCUT2D eigenvalue weighted by Gasteiger charge is 2.22. The minimum absolute atomic E-state index is 0.0233. The lowest BCUT2D eigenvalue weighted by atomic mass is 10.3. The topological polar surface area (TPSA) is 72.7 Å². The molecule has 15 heavy (non-hydrogen) atoms. The number of carbonyl (C=O) groups excluding carboxylic acids is 1. The SMILES string of the molecule is C=C(C)C(=O)OCCC(N(C)C)[N+](=O)[O-]. The predicted molar refractivity (Wildman–Crippen MR) is 54.9 cm³/mol. The Morgan fingerprint density at radius 1 is 1.60 bits per heavy atom. The van der Waals surface area contributed by atoms with Gasteiger partial charge in [0, 0.05) is 10.5 Å². The van der Waals surface area contributed by atoms with Crippen molar-refractivity contribution in [1.82, 2.24) is 4.90 Å². The molecule has 0 heterocycles. The Kier molecular flexibility index (Phi) is 5.54. The van der Waals surface area contributed by atoms with E-state index in [4.69, 9.17) is 4.74 Å². The van der Waals surface area contributed by atoms with E-state index in [1.807, 2.05) is 0 Å². The van der Waals surface area contributed by atoms with E-state index in [9.17, 15) is 14.9 Å². The van der Waals surface area contributed by atoms with E-state index in [0.717, 1.165) is 0 Å². The van der Waals surface area contributed by atoms with Gasteiger partial charge in [0.15, 0.2) is 0 Å². The number of nitro groups is 1. The zero-order valence-electron chi connectivity index (χ0n) is 9.23. The molecular formula is C9H16N2O4. The number of hydrogen-bond donors (Lipinski definition) is 0. The number of ether oxygens (including phenoxy) is 1. The van der Waals surface area contributed by atoms with Crippen molar-refractivity contribution in [1.29, 1.82) is 0 Å². The first-order valence-electron chi connectivity index (χ1n) is 4.48. The fraction of sp³-hybridized carbons (Fsp3) is 0.667. The quantitative estimate of drug-likeness (QED) is 0.214. The zero-order chi connectivity index (χ0) is 12.0. The Hall–Kier alpha value is -1.43. The number of hydrogen-bond acceptors (Lipinski definition) is 5. The summed E-state index contributed by atoms with van der Waals surface area (Å²) in [5, 5.41) is 10.6. The third-order valence-electron chi connectivity index (χ3n) is 1.80. The standard InChI is InChI=1S/C9H16N2O4/c1-7(2)9(12)15-6-5-8(10(3)4)11(13)14/h8H,1,5-6H2,2-4H3. The van der Waals surface area contributed by atoms with Gasteiger partial charge in [0.2, 0.25) is 0 Å². The molecule has 0 fully saturated rings. The lowest BCUT2D eigenvalue weighted by molar-refractivity contribution is -0.549. The molecule has 0 bridgehead atoms. The van der Waals surface area contributed by atoms with Gasteiger partial charge in [-0.2, -0.15) is 0 Å². The molecule has 0 aromatic heterocycles. The third kappa shape index (κ3) is 5.11. The highest BCUT2D eigenvalue weighted by Crippen LogP contribution is 2.02. The van der Waals surface area contributed by atoms with Crippen LogP contribution in [0, 0.1) is 10.1 Å². The van der Waals surface area contributed by atoms with Gasteiger partial charge in [-0.15, -0.1) is 0 Å². The van der Waals surface area contributed by atoms with Crippen LogP contribution in [0.5, 0.6) is 0 Å². The van der Waals surface area contributed by atoms with E-state index in [0.29, 0.717) is 0 Å². The van der Waals surface area contributed by atoms with Gasteiger partial charge in [-0.1, -0.05) is 6.58 Å². The lowest BCUT2D eigenvalue weighted by Crippen LogP contribution is -2.36. The van der Waals surface area contributed by atoms with Crippen molar-refractivity contribution in [2.24, 2.45) is 0 Å². The molecule has 0 aliphatic rings. The Morgan fingerprint density at radius 2 is 2.13 bits per heavy atom. The van der Waals surface area contributed by atoms with Crippen molar-refractivity contribution in [2.45, 2.75) is 19.5 Å². The van der Waals surface area contributed by atoms with E-state index in [1.165, 1.54) is 11.8 Å². The first-order chi connectivity index (χ1) is 6.86. The molecule has 0 spiro atoms. The molecular weight excluding hydrogens is 200 g/mol. The summed E-state index contributed by atoms with van der Waals surface area (Å²) in [7, 11) is 3.21. The molecule has 0 aliphatic heterocycles. The van der Waals surface area contributed by atoms with Crippen molar-refractivity contribution in [3.8, 4) is 0 Å². The predicted octanol–water partition coefficient (Wildman–Crippen LogP) is 0.660. The fourth-order valence-corrected chi connectivity index (χ4v) is 0.932. The first-order valence-corrected chi connectivity index (χ1v) is 4.48. The third-order valence-corrected chi connectivity index (χ3v) is 1.80. The Balaban J connectivity index is 3.97. The van der Waals surface area contributed by atoms with Crippen LogP contribution in [0.4, 0.5) is 0 Å². The first kappa shape index (κ1) is 13.6. The summed E-state index contributed by atoms with van der Waals surface area (Å²) in [5.74, 6) is -0.518. The second-order valence-corrected chi connectivity index (χ2v) is 3.43. The molecule has 6 nitrogen and oxygen atoms in total. The summed E-state index contributed by atoms with van der Waals surface area (Å²) in [6.45, 7) is 4.95. The van der Waals surface area contributed by atoms with Crippen LogP contribution in [0.15, 0.2) is 12.2 Å². The minimum atomic E-state index is -0.831. The smallest absolute Gasteiger partial charge is 0.333 e. The van der Waals surface area contributed by atoms with Gasteiger partial charge in [-0.25, -0.2) is 9.69 Å². The molecule has 0 saturated heterocycles. The van der Waals surface area contributed by atoms with Crippen molar-refractivity contribution in [2.75, 3.05) is 20.7 Å². The summed E-state index contributed by atoms with van der Waals surface area (Å²) >= 11 is 0. The van der Waals surface area contributed by atoms with Crippen LogP contribution in [-0.2, 0) is 9.53 Å². The fourth-order valence-electron chi connectivity index (χ4n) is 0.932. The normalized spacial score (nSPS) is 12.3. The van der Waals surface area contributed by atoms with Crippen LogP contribution >= 0.6 is 0 Å². The maximum absolute atomic E-state index is 11.0. The van der Waals surface area contributed by atoms with Gasteiger partial charge >= 0.3 is 5.97 Å². The molecule has 86 valence electrons. The van der Waals surface area contributed by atoms with E-state index in [1.54, 1.807) is 14.1 Å². The summed E-state index contributed by atoms with van der Waals surface area (Å²) in [6, 6.07) is 0. The maximum atomic E-state index is 11.0. The second-order valence-electron chi connectivity index (χ2n) is 3.43. The molecule has 1 unspecified atom stereocenters. The number of carbonyl (C=O) groups is 1. The molecule has 0 saturated carbocycles. The second kappa shape index (κ2) is 6.13. The van der Waals surface area contributed by atoms with Crippen LogP contribution in [-0.4, -0.2) is 42.7 Å². The largest absolute Gasteiger partial charge is 0.462 e. The number of esters is 1. The molecule has 0 aromatic rings. The molecule has 0 N–H and O–H groups in total. The monoisotopic (exact) mass is 216 g/mol. The summed E-state index contributed by atoms with van der Waals surface area (Å²) in [4.78, 5) is 22.6. The Morgan fingerprint density at radius 3 is 2.47 bits per heavy atom. The van der Waals surface area contributed by atoms with Crippen molar-refractivity contribution in [3.63, 3.8) is 0 Å². The van der Waals surface area contributed by atoms with Crippen LogP contribution in [0.25, 0.3) is 0 Å². The van der Waals surface area contributed by atoms with Gasteiger partial charge in [-0.05, 0) is 21.0 Å². The molecule has 0 radical (unpaired) electrons. The average molecular weight is 216 g/mol. The lowest BCUT2D eigenvalue weighted by Gasteiger charge is -2.15. The van der Waals surface area contributed by atoms with E-state index >= 15 is 0 Å². The molecule has 1 atom stereocenters. The molecule has 0 aliphatic carbocycles. The summed E-state index contributed by atoms with van der Waals surface area (Å²) in [5.41, 5.74) is 0.289. The van der Waals surface area contributed by atoms with Crippen molar-refractivity contribution < 1.29 is 14.5 Å². The van der Waals surface area contributed by atoms with Crippen molar-refractivity contribution in [3.05, 3.63) is 22.3 Å². The number of rotatable bonds is 6. The molecule has 0 amide bonds. The molecule has 0 rings (SSSR count). The van der Waals surface area contributed by atoms with Gasteiger partial charge in [-0.3, -0.25) is 10.1 Å². The van der Waals surface area contributed by atoms with Gasteiger partial charge in [0.25, 0.3) is 6.17 Å². The minimum Gasteiger partial charge on any atom is -0.462 e. The van der Waals surface area contributed by atoms with Gasteiger partial charge < -0.3 is 4.74 Å². The van der Waals surface area contributed by atoms with Gasteiger partial charge in [0.1, 0.15) is 0 Å². The van der Waals surface area contributed by atoms with Crippen LogP contribution < -0.4 is 0 Å². The van der Waals surface area contributed by atoms with E-state index < -0.39 is 17.1 Å². The van der Waals surface area contributed by atoms with Crippen molar-refractivity contribution >= 4 is 5.97 Å². The maximum Gasteiger partial charge on any atom is 0.333 e. The van der Waals surface area contributed by atoms with Crippen LogP contribution in [0.3, 0.4) is 0 Å². The highest BCUT2D eigenvalue weighted by atomic mass is 16.6. The highest BCUT2D eigenvalue weighted by molar-refractivity contribution is 5.86. The van der Waals surface area contributed by atoms with Gasteiger partial charge in [0.05, 0.1) is 13.0 Å². The van der Waals surface area contributed by atoms with E-state index in [-0.39, 0.29) is 18.6 Å². The molecule has 0 aromatic carbocycles. The molecule has 6 heteroatoms. The Bertz CT molecular complexity index is 263. The Labute approximate surface area is 88.7 Å². The van der Waals surface area contributed by atoms with Crippen LogP contribution in [0.2, 0.25) is 0 Å². The summed E-state index contributed by atoms with van der Waals surface area (Å²) in [6.07, 6.45) is -0.665. The zero-order valence-corrected chi connectivity index (χ0v) is 9.23. The average Bonchev–Trinajstić information content (AvgIpc) is 2.10. The number of nitrogens with zero attached hydrogens (tertiary/aromatic N) is 2. The summed E-state index contributed by atoms with van der Waals surface area (Å²) < 4.78 is 4.76. The van der Waals surface area contributed by atoms with E-state index in [2.05, 4.69) is 6.58 Å².